The molecule has 2 rings (SSSR count). The molecule has 0 amide bonds. The molecule has 17 heavy (non-hydrogen) atoms. The van der Waals surface area contributed by atoms with Crippen LogP contribution in [0.15, 0.2) is 27.1 Å². The lowest BCUT2D eigenvalue weighted by atomic mass is 10.5. The van der Waals surface area contributed by atoms with Crippen LogP contribution in [-0.4, -0.2) is 24.5 Å². The molecule has 2 N–H and O–H groups in total. The van der Waals surface area contributed by atoms with Crippen LogP contribution in [0.5, 0.6) is 0 Å². The third-order valence-electron chi connectivity index (χ3n) is 1.70. The summed E-state index contributed by atoms with van der Waals surface area (Å²) >= 11 is 2.00. The third kappa shape index (κ3) is 2.62. The number of hydrogen-bond donors (Lipinski definition) is 2. The van der Waals surface area contributed by atoms with Gasteiger partial charge in [0.2, 0.25) is 0 Å². The standard InChI is InChI=1S/C8H6N2O4S3/c11-7(12)5-4-16-8(9-5)10-17(13,14)6-2-1-3-15-6/h1-4H,(H,9,10)(H,11,12). The molecule has 0 atom stereocenters. The topological polar surface area (TPSA) is 96.4 Å². The molecule has 0 aliphatic rings. The highest BCUT2D eigenvalue weighted by molar-refractivity contribution is 7.94. The summed E-state index contributed by atoms with van der Waals surface area (Å²) in [6.07, 6.45) is 0. The minimum atomic E-state index is -3.66. The first-order valence-corrected chi connectivity index (χ1v) is 7.48. The van der Waals surface area contributed by atoms with Gasteiger partial charge >= 0.3 is 5.97 Å². The molecule has 6 nitrogen and oxygen atoms in total. The molecule has 2 aromatic rings. The fraction of sp³-hybridized carbons (Fsp3) is 0. The Labute approximate surface area is 105 Å². The molecule has 0 radical (unpaired) electrons. The number of nitrogens with one attached hydrogen (secondary N) is 1. The van der Waals surface area contributed by atoms with E-state index >= 15 is 0 Å². The van der Waals surface area contributed by atoms with Gasteiger partial charge in [0.05, 0.1) is 0 Å². The first-order valence-electron chi connectivity index (χ1n) is 4.24. The van der Waals surface area contributed by atoms with Crippen molar-refractivity contribution in [3.05, 3.63) is 28.6 Å². The van der Waals surface area contributed by atoms with Crippen molar-refractivity contribution in [2.75, 3.05) is 4.72 Å². The summed E-state index contributed by atoms with van der Waals surface area (Å²) in [4.78, 5) is 14.2. The second kappa shape index (κ2) is 4.43. The molecule has 0 saturated carbocycles. The van der Waals surface area contributed by atoms with Crippen LogP contribution in [0, 0.1) is 0 Å². The highest BCUT2D eigenvalue weighted by Gasteiger charge is 2.18. The van der Waals surface area contributed by atoms with Crippen molar-refractivity contribution in [3.8, 4) is 0 Å². The maximum Gasteiger partial charge on any atom is 0.355 e. The number of thiazole rings is 1. The Morgan fingerprint density at radius 2 is 2.18 bits per heavy atom. The Morgan fingerprint density at radius 3 is 2.71 bits per heavy atom. The van der Waals surface area contributed by atoms with Gasteiger partial charge in [-0.1, -0.05) is 6.07 Å². The monoisotopic (exact) mass is 290 g/mol. The first kappa shape index (κ1) is 12.0. The highest BCUT2D eigenvalue weighted by Crippen LogP contribution is 2.22. The molecule has 0 spiro atoms. The Balaban J connectivity index is 2.24. The molecular formula is C8H6N2O4S3. The number of aromatic nitrogens is 1. The number of carboxylic acid groups (broad SMARTS) is 1. The van der Waals surface area contributed by atoms with Crippen molar-refractivity contribution in [3.63, 3.8) is 0 Å². The fourth-order valence-corrected chi connectivity index (χ4v) is 3.93. The normalized spacial score (nSPS) is 11.3. The number of thiophene rings is 1. The quantitative estimate of drug-likeness (QED) is 0.893. The van der Waals surface area contributed by atoms with Gasteiger partial charge in [-0.25, -0.2) is 18.2 Å². The second-order valence-corrected chi connectivity index (χ2v) is 6.60. The lowest BCUT2D eigenvalue weighted by Gasteiger charge is -2.01. The molecule has 90 valence electrons. The predicted octanol–water partition coefficient (Wildman–Crippen LogP) is 1.70. The van der Waals surface area contributed by atoms with Gasteiger partial charge in [0, 0.05) is 5.38 Å². The maximum absolute atomic E-state index is 11.8. The van der Waals surface area contributed by atoms with E-state index in [1.807, 2.05) is 0 Å². The molecular weight excluding hydrogens is 284 g/mol. The molecule has 0 bridgehead atoms. The Morgan fingerprint density at radius 1 is 1.41 bits per heavy atom. The summed E-state index contributed by atoms with van der Waals surface area (Å²) in [6.45, 7) is 0. The van der Waals surface area contributed by atoms with Gasteiger partial charge in [-0.05, 0) is 11.4 Å². The zero-order chi connectivity index (χ0) is 12.5. The molecule has 0 unspecified atom stereocenters. The zero-order valence-electron chi connectivity index (χ0n) is 8.15. The van der Waals surface area contributed by atoms with Crippen molar-refractivity contribution in [1.82, 2.24) is 4.98 Å². The lowest BCUT2D eigenvalue weighted by molar-refractivity contribution is 0.0691. The first-order chi connectivity index (χ1) is 7.99. The van der Waals surface area contributed by atoms with E-state index in [1.165, 1.54) is 11.4 Å². The highest BCUT2D eigenvalue weighted by atomic mass is 32.2. The number of sulfonamides is 1. The van der Waals surface area contributed by atoms with Gasteiger partial charge in [-0.3, -0.25) is 4.72 Å². The molecule has 0 fully saturated rings. The molecule has 2 heterocycles. The van der Waals surface area contributed by atoms with Crippen molar-refractivity contribution in [2.45, 2.75) is 4.21 Å². The Bertz CT molecular complexity index is 630. The fourth-order valence-electron chi connectivity index (χ4n) is 1.00. The van der Waals surface area contributed by atoms with E-state index < -0.39 is 16.0 Å². The van der Waals surface area contributed by atoms with Crippen LogP contribution in [0.4, 0.5) is 5.13 Å². The Hall–Kier alpha value is -1.45. The van der Waals surface area contributed by atoms with Crippen LogP contribution in [-0.2, 0) is 10.0 Å². The summed E-state index contributed by atoms with van der Waals surface area (Å²) in [5.74, 6) is -1.19. The second-order valence-electron chi connectivity index (χ2n) is 2.88. The van der Waals surface area contributed by atoms with Crippen LogP contribution in [0.3, 0.4) is 0 Å². The third-order valence-corrected chi connectivity index (χ3v) is 5.33. The number of aromatic carboxylic acids is 1. The van der Waals surface area contributed by atoms with Gasteiger partial charge in [0.15, 0.2) is 10.8 Å². The van der Waals surface area contributed by atoms with Crippen molar-refractivity contribution in [2.24, 2.45) is 0 Å². The number of carbonyl (C=O) groups is 1. The molecule has 0 saturated heterocycles. The van der Waals surface area contributed by atoms with Crippen LogP contribution in [0.1, 0.15) is 10.5 Å². The summed E-state index contributed by atoms with van der Waals surface area (Å²) in [6, 6.07) is 3.07. The Kier molecular flexibility index (Phi) is 3.13. The van der Waals surface area contributed by atoms with E-state index in [1.54, 1.807) is 11.4 Å². The van der Waals surface area contributed by atoms with Crippen molar-refractivity contribution < 1.29 is 18.3 Å². The molecule has 0 aliphatic heterocycles. The van der Waals surface area contributed by atoms with Crippen molar-refractivity contribution >= 4 is 43.8 Å². The average Bonchev–Trinajstić information content (AvgIpc) is 2.85. The minimum Gasteiger partial charge on any atom is -0.476 e. The predicted molar refractivity (Wildman–Crippen MR) is 64.2 cm³/mol. The van der Waals surface area contributed by atoms with Crippen LogP contribution < -0.4 is 4.72 Å². The van der Waals surface area contributed by atoms with Crippen molar-refractivity contribution in [1.29, 1.82) is 0 Å². The molecule has 2 aromatic heterocycles. The van der Waals surface area contributed by atoms with Gasteiger partial charge in [0.25, 0.3) is 10.0 Å². The largest absolute Gasteiger partial charge is 0.476 e. The number of nitrogens with zero attached hydrogens (tertiary/aromatic N) is 1. The average molecular weight is 290 g/mol. The smallest absolute Gasteiger partial charge is 0.355 e. The van der Waals surface area contributed by atoms with Crippen LogP contribution in [0.2, 0.25) is 0 Å². The summed E-state index contributed by atoms with van der Waals surface area (Å²) in [5, 5.41) is 11.6. The van der Waals surface area contributed by atoms with E-state index in [0.29, 0.717) is 0 Å². The number of rotatable bonds is 4. The lowest BCUT2D eigenvalue weighted by Crippen LogP contribution is -2.11. The van der Waals surface area contributed by atoms with Gasteiger partial charge in [-0.2, -0.15) is 0 Å². The van der Waals surface area contributed by atoms with E-state index in [0.717, 1.165) is 22.7 Å². The number of anilines is 1. The summed E-state index contributed by atoms with van der Waals surface area (Å²) in [7, 11) is -3.66. The maximum atomic E-state index is 11.8. The van der Waals surface area contributed by atoms with Crippen LogP contribution >= 0.6 is 22.7 Å². The number of hydrogen-bond acceptors (Lipinski definition) is 6. The van der Waals surface area contributed by atoms with Gasteiger partial charge < -0.3 is 5.11 Å². The molecule has 0 aliphatic carbocycles. The minimum absolute atomic E-state index is 0.0378. The molecule has 9 heteroatoms. The van der Waals surface area contributed by atoms with E-state index in [-0.39, 0.29) is 15.0 Å². The van der Waals surface area contributed by atoms with E-state index in [2.05, 4.69) is 9.71 Å². The number of carboxylic acids is 1. The zero-order valence-corrected chi connectivity index (χ0v) is 10.6. The molecule has 0 aromatic carbocycles. The van der Waals surface area contributed by atoms with Gasteiger partial charge in [-0.15, -0.1) is 22.7 Å². The SMILES string of the molecule is O=C(O)c1csc(NS(=O)(=O)c2cccs2)n1. The van der Waals surface area contributed by atoms with Gasteiger partial charge in [0.1, 0.15) is 4.21 Å². The van der Waals surface area contributed by atoms with E-state index in [9.17, 15) is 13.2 Å². The summed E-state index contributed by atoms with van der Waals surface area (Å²) < 4.78 is 25.9. The summed E-state index contributed by atoms with van der Waals surface area (Å²) in [5.41, 5.74) is -0.182. The van der Waals surface area contributed by atoms with E-state index in [4.69, 9.17) is 5.11 Å². The van der Waals surface area contributed by atoms with Crippen LogP contribution in [0.25, 0.3) is 0 Å².